The lowest BCUT2D eigenvalue weighted by molar-refractivity contribution is 1.42. The third kappa shape index (κ3) is 2.06. The first-order valence-electron chi connectivity index (χ1n) is 6.32. The van der Waals surface area contributed by atoms with Gasteiger partial charge in [-0.25, -0.2) is 0 Å². The van der Waals surface area contributed by atoms with Gasteiger partial charge < -0.3 is 0 Å². The van der Waals surface area contributed by atoms with E-state index in [1.54, 1.807) is 0 Å². The van der Waals surface area contributed by atoms with Crippen LogP contribution in [0, 0.1) is 0 Å². The average Bonchev–Trinajstić information content (AvgIpc) is 2.50. The molecule has 2 aromatic rings. The van der Waals surface area contributed by atoms with Gasteiger partial charge in [0.15, 0.2) is 0 Å². The molecule has 0 saturated carbocycles. The number of hydrogen-bond donors (Lipinski definition) is 0. The maximum Gasteiger partial charge on any atom is 0.142 e. The Bertz CT molecular complexity index is 494. The fourth-order valence-electron chi connectivity index (χ4n) is 2.65. The van der Waals surface area contributed by atoms with Crippen LogP contribution >= 0.6 is 11.8 Å². The Morgan fingerprint density at radius 2 is 1.33 bits per heavy atom. The van der Waals surface area contributed by atoms with Crippen LogP contribution in [0.4, 0.5) is 0 Å². The van der Waals surface area contributed by atoms with E-state index in [0.717, 1.165) is 0 Å². The van der Waals surface area contributed by atoms with E-state index in [1.807, 2.05) is 11.8 Å². The molecule has 18 heavy (non-hydrogen) atoms. The number of hydrogen-bond acceptors (Lipinski definition) is 1. The molecule has 1 aliphatic rings. The molecule has 2 heteroatoms. The van der Waals surface area contributed by atoms with Gasteiger partial charge in [-0.1, -0.05) is 66.4 Å². The van der Waals surface area contributed by atoms with Crippen molar-refractivity contribution in [2.45, 2.75) is 6.04 Å². The second-order valence-electron chi connectivity index (χ2n) is 4.63. The van der Waals surface area contributed by atoms with Gasteiger partial charge in [-0.2, -0.15) is 0 Å². The van der Waals surface area contributed by atoms with Crippen molar-refractivity contribution in [3.05, 3.63) is 71.8 Å². The summed E-state index contributed by atoms with van der Waals surface area (Å²) in [7, 11) is -1.64. The summed E-state index contributed by atoms with van der Waals surface area (Å²) in [5.74, 6) is 1.24. The first-order valence-corrected chi connectivity index (χ1v) is 9.65. The minimum Gasteiger partial charge on any atom is -0.135 e. The summed E-state index contributed by atoms with van der Waals surface area (Å²) >= 11 is 1.94. The van der Waals surface area contributed by atoms with Gasteiger partial charge in [0.05, 0.1) is 0 Å². The topological polar surface area (TPSA) is 0 Å². The van der Waals surface area contributed by atoms with E-state index in [-0.39, 0.29) is 0 Å². The largest absolute Gasteiger partial charge is 0.142 e. The van der Waals surface area contributed by atoms with Crippen molar-refractivity contribution in [1.82, 2.24) is 0 Å². The third-order valence-electron chi connectivity index (χ3n) is 3.64. The molecular formula is C16H16SSi. The van der Waals surface area contributed by atoms with Crippen LogP contribution < -0.4 is 10.4 Å². The minimum absolute atomic E-state index is 1.24. The van der Waals surface area contributed by atoms with Gasteiger partial charge in [0.1, 0.15) is 8.07 Å². The van der Waals surface area contributed by atoms with Gasteiger partial charge in [0.2, 0.25) is 0 Å². The van der Waals surface area contributed by atoms with Crippen molar-refractivity contribution in [1.29, 1.82) is 0 Å². The van der Waals surface area contributed by atoms with Crippen molar-refractivity contribution >= 4 is 30.2 Å². The number of thioether (sulfide) groups is 1. The van der Waals surface area contributed by atoms with Crippen LogP contribution in [-0.4, -0.2) is 13.8 Å². The van der Waals surface area contributed by atoms with Crippen LogP contribution in [0.2, 0.25) is 6.04 Å². The van der Waals surface area contributed by atoms with Crippen LogP contribution in [-0.2, 0) is 0 Å². The Hall–Kier alpha value is -1.25. The van der Waals surface area contributed by atoms with Crippen molar-refractivity contribution in [3.8, 4) is 0 Å². The highest BCUT2D eigenvalue weighted by Gasteiger charge is 2.35. The number of rotatable bonds is 2. The SMILES string of the molecule is C1=C[Si](c2ccccc2)(c2ccccc2)CCS1. The van der Waals surface area contributed by atoms with Crippen LogP contribution in [0.5, 0.6) is 0 Å². The van der Waals surface area contributed by atoms with Crippen molar-refractivity contribution in [2.24, 2.45) is 0 Å². The Kier molecular flexibility index (Phi) is 3.39. The zero-order valence-electron chi connectivity index (χ0n) is 10.3. The molecule has 90 valence electrons. The molecule has 0 aliphatic carbocycles. The quantitative estimate of drug-likeness (QED) is 0.754. The van der Waals surface area contributed by atoms with Crippen molar-refractivity contribution in [3.63, 3.8) is 0 Å². The highest BCUT2D eigenvalue weighted by molar-refractivity contribution is 8.02. The Balaban J connectivity index is 2.16. The molecule has 0 unspecified atom stereocenters. The molecule has 1 aliphatic heterocycles. The summed E-state index contributed by atoms with van der Waals surface area (Å²) in [6.07, 6.45) is 0. The zero-order chi connectivity index (χ0) is 12.3. The summed E-state index contributed by atoms with van der Waals surface area (Å²) in [6, 6.07) is 23.4. The van der Waals surface area contributed by atoms with Crippen LogP contribution in [0.3, 0.4) is 0 Å². The lowest BCUT2D eigenvalue weighted by Crippen LogP contribution is -2.57. The molecule has 0 fully saturated rings. The van der Waals surface area contributed by atoms with E-state index >= 15 is 0 Å². The van der Waals surface area contributed by atoms with Gasteiger partial charge >= 0.3 is 0 Å². The third-order valence-corrected chi connectivity index (χ3v) is 9.51. The molecule has 1 heterocycles. The van der Waals surface area contributed by atoms with Gasteiger partial charge in [0.25, 0.3) is 0 Å². The second-order valence-corrected chi connectivity index (χ2v) is 9.57. The maximum absolute atomic E-state index is 2.51. The predicted molar refractivity (Wildman–Crippen MR) is 84.3 cm³/mol. The van der Waals surface area contributed by atoms with E-state index in [0.29, 0.717) is 0 Å². The Morgan fingerprint density at radius 3 is 1.78 bits per heavy atom. The van der Waals surface area contributed by atoms with Crippen molar-refractivity contribution < 1.29 is 0 Å². The summed E-state index contributed by atoms with van der Waals surface area (Å²) in [6.45, 7) is 0. The molecule has 0 nitrogen and oxygen atoms in total. The normalized spacial score (nSPS) is 17.6. The Morgan fingerprint density at radius 1 is 0.778 bits per heavy atom. The molecule has 0 radical (unpaired) electrons. The molecule has 2 aromatic carbocycles. The second kappa shape index (κ2) is 5.17. The predicted octanol–water partition coefficient (Wildman–Crippen LogP) is 3.05. The van der Waals surface area contributed by atoms with Gasteiger partial charge in [0, 0.05) is 0 Å². The van der Waals surface area contributed by atoms with Crippen LogP contribution in [0.15, 0.2) is 71.8 Å². The van der Waals surface area contributed by atoms with Crippen LogP contribution in [0.1, 0.15) is 0 Å². The smallest absolute Gasteiger partial charge is 0.135 e. The van der Waals surface area contributed by atoms with E-state index in [9.17, 15) is 0 Å². The van der Waals surface area contributed by atoms with E-state index in [1.165, 1.54) is 22.2 Å². The van der Waals surface area contributed by atoms with E-state index in [2.05, 4.69) is 71.8 Å². The maximum atomic E-state index is 2.51. The minimum atomic E-state index is -1.64. The molecule has 0 amide bonds. The molecule has 0 bridgehead atoms. The molecule has 0 aromatic heterocycles. The molecular weight excluding hydrogens is 252 g/mol. The summed E-state index contributed by atoms with van der Waals surface area (Å²) in [5, 5.41) is 5.39. The number of benzene rings is 2. The summed E-state index contributed by atoms with van der Waals surface area (Å²) in [5.41, 5.74) is 2.51. The summed E-state index contributed by atoms with van der Waals surface area (Å²) < 4.78 is 0. The molecule has 0 spiro atoms. The van der Waals surface area contributed by atoms with E-state index < -0.39 is 8.07 Å². The first kappa shape index (κ1) is 11.8. The molecule has 3 rings (SSSR count). The highest BCUT2D eigenvalue weighted by Crippen LogP contribution is 2.23. The molecule has 0 saturated heterocycles. The average molecular weight is 268 g/mol. The van der Waals surface area contributed by atoms with Crippen molar-refractivity contribution in [2.75, 3.05) is 5.75 Å². The van der Waals surface area contributed by atoms with Gasteiger partial charge in [-0.15, -0.1) is 11.8 Å². The standard InChI is InChI=1S/C16H16SSi/c1-3-7-15(8-4-1)18(13-11-17-12-14-18)16-9-5-2-6-10-16/h1-11,13H,12,14H2. The fourth-order valence-corrected chi connectivity index (χ4v) is 8.90. The first-order chi connectivity index (χ1) is 8.92. The zero-order valence-corrected chi connectivity index (χ0v) is 12.1. The molecule has 0 N–H and O–H groups in total. The van der Waals surface area contributed by atoms with E-state index in [4.69, 9.17) is 0 Å². The van der Waals surface area contributed by atoms with Gasteiger partial charge in [-0.05, 0) is 27.6 Å². The molecule has 0 atom stereocenters. The van der Waals surface area contributed by atoms with Crippen LogP contribution in [0.25, 0.3) is 0 Å². The lowest BCUT2D eigenvalue weighted by Gasteiger charge is -2.32. The summed E-state index contributed by atoms with van der Waals surface area (Å²) in [4.78, 5) is 0. The monoisotopic (exact) mass is 268 g/mol. The Labute approximate surface area is 114 Å². The fraction of sp³-hybridized carbons (Fsp3) is 0.125. The van der Waals surface area contributed by atoms with Gasteiger partial charge in [-0.3, -0.25) is 0 Å². The highest BCUT2D eigenvalue weighted by atomic mass is 32.2. The lowest BCUT2D eigenvalue weighted by atomic mass is 10.4.